The Morgan fingerprint density at radius 2 is 1.44 bits per heavy atom. The highest BCUT2D eigenvalue weighted by molar-refractivity contribution is 5.71. The highest BCUT2D eigenvalue weighted by Gasteiger charge is 2.04. The first kappa shape index (κ1) is 23.6. The molecule has 3 aromatic rings. The molecule has 0 saturated carbocycles. The number of rotatable bonds is 12. The van der Waals surface area contributed by atoms with E-state index in [0.717, 1.165) is 37.4 Å². The van der Waals surface area contributed by atoms with Gasteiger partial charge in [0, 0.05) is 13.2 Å². The third-order valence-corrected chi connectivity index (χ3v) is 5.35. The summed E-state index contributed by atoms with van der Waals surface area (Å²) in [6, 6.07) is 23.0. The van der Waals surface area contributed by atoms with Crippen molar-refractivity contribution >= 4 is 12.2 Å². The Bertz CT molecular complexity index is 977. The Morgan fingerprint density at radius 1 is 0.719 bits per heavy atom. The molecule has 0 fully saturated rings. The van der Waals surface area contributed by atoms with Crippen molar-refractivity contribution in [2.24, 2.45) is 0 Å². The molecule has 1 N–H and O–H groups in total. The van der Waals surface area contributed by atoms with E-state index in [1.165, 1.54) is 27.8 Å². The Kier molecular flexibility index (Phi) is 9.36. The lowest BCUT2D eigenvalue weighted by Gasteiger charge is -2.11. The van der Waals surface area contributed by atoms with Crippen molar-refractivity contribution < 1.29 is 14.2 Å². The van der Waals surface area contributed by atoms with Crippen molar-refractivity contribution in [2.45, 2.75) is 19.4 Å². The average Bonchev–Trinajstić information content (AvgIpc) is 2.83. The number of hydrogen-bond donors (Lipinski definition) is 1. The van der Waals surface area contributed by atoms with Gasteiger partial charge in [0.15, 0.2) is 0 Å². The molecule has 0 aliphatic heterocycles. The van der Waals surface area contributed by atoms with Crippen LogP contribution in [-0.4, -0.2) is 34.4 Å². The van der Waals surface area contributed by atoms with Crippen molar-refractivity contribution in [2.75, 3.05) is 34.4 Å². The van der Waals surface area contributed by atoms with Crippen LogP contribution in [0.3, 0.4) is 0 Å². The van der Waals surface area contributed by atoms with Gasteiger partial charge in [-0.15, -0.1) is 0 Å². The third kappa shape index (κ3) is 7.26. The minimum absolute atomic E-state index is 0.626. The molecule has 0 saturated heterocycles. The lowest BCUT2D eigenvalue weighted by atomic mass is 10.00. The maximum absolute atomic E-state index is 5.36. The number of ether oxygens (including phenoxy) is 3. The summed E-state index contributed by atoms with van der Waals surface area (Å²) in [5, 5.41) is 3.57. The van der Waals surface area contributed by atoms with Gasteiger partial charge in [-0.05, 0) is 65.9 Å². The second-order valence-corrected chi connectivity index (χ2v) is 7.68. The van der Waals surface area contributed by atoms with Gasteiger partial charge in [0.05, 0.1) is 20.8 Å². The van der Waals surface area contributed by atoms with Crippen LogP contribution in [0.2, 0.25) is 0 Å². The van der Waals surface area contributed by atoms with E-state index in [2.05, 4.69) is 72.1 Å². The van der Waals surface area contributed by atoms with Crippen LogP contribution in [0.5, 0.6) is 11.5 Å². The van der Waals surface area contributed by atoms with Crippen LogP contribution in [0.15, 0.2) is 66.7 Å². The molecule has 0 heterocycles. The van der Waals surface area contributed by atoms with E-state index < -0.39 is 0 Å². The molecule has 0 aliphatic carbocycles. The molecule has 0 radical (unpaired) electrons. The summed E-state index contributed by atoms with van der Waals surface area (Å²) in [4.78, 5) is 0. The first-order valence-electron chi connectivity index (χ1n) is 11.0. The minimum atomic E-state index is 0.626. The van der Waals surface area contributed by atoms with Crippen LogP contribution >= 0.6 is 0 Å². The molecule has 0 spiro atoms. The van der Waals surface area contributed by atoms with Gasteiger partial charge < -0.3 is 19.5 Å². The topological polar surface area (TPSA) is 39.7 Å². The summed E-state index contributed by atoms with van der Waals surface area (Å²) in [6.45, 7) is 2.42. The van der Waals surface area contributed by atoms with Gasteiger partial charge in [0.1, 0.15) is 11.5 Å². The van der Waals surface area contributed by atoms with Crippen LogP contribution in [-0.2, 0) is 24.2 Å². The van der Waals surface area contributed by atoms with Gasteiger partial charge in [0.2, 0.25) is 0 Å². The zero-order valence-electron chi connectivity index (χ0n) is 19.3. The molecule has 3 aromatic carbocycles. The summed E-state index contributed by atoms with van der Waals surface area (Å²) in [5.74, 6) is 1.65. The van der Waals surface area contributed by atoms with Crippen LogP contribution in [0.1, 0.15) is 27.8 Å². The summed E-state index contributed by atoms with van der Waals surface area (Å²) in [7, 11) is 5.09. The quantitative estimate of drug-likeness (QED) is 0.308. The Morgan fingerprint density at radius 3 is 2.12 bits per heavy atom. The normalized spacial score (nSPS) is 11.1. The van der Waals surface area contributed by atoms with E-state index in [9.17, 15) is 0 Å². The van der Waals surface area contributed by atoms with Gasteiger partial charge in [-0.1, -0.05) is 60.7 Å². The summed E-state index contributed by atoms with van der Waals surface area (Å²) < 4.78 is 16.1. The first-order chi connectivity index (χ1) is 15.7. The molecule has 0 aromatic heterocycles. The minimum Gasteiger partial charge on any atom is -0.497 e. The van der Waals surface area contributed by atoms with Crippen LogP contribution in [0, 0.1) is 0 Å². The molecule has 32 heavy (non-hydrogen) atoms. The zero-order valence-corrected chi connectivity index (χ0v) is 19.3. The van der Waals surface area contributed by atoms with E-state index in [1.54, 1.807) is 21.3 Å². The lowest BCUT2D eigenvalue weighted by molar-refractivity contribution is 0.185. The molecule has 4 nitrogen and oxygen atoms in total. The fraction of sp³-hybridized carbons (Fsp3) is 0.286. The van der Waals surface area contributed by atoms with E-state index in [4.69, 9.17) is 14.2 Å². The standard InChI is InChI=1S/C28H33NO3/c1-30-21-24-10-12-25(11-9-22-7-5-4-6-8-22)26(17-24)14-16-29-15-13-23-18-27(31-2)20-28(19-23)32-3/h4-12,17-20,29H,13-16,21H2,1-3H3/b11-9-. The first-order valence-corrected chi connectivity index (χ1v) is 11.0. The SMILES string of the molecule is COCc1ccc(/C=C\c2ccccc2)c(CCNCCc2cc(OC)cc(OC)c2)c1. The predicted octanol–water partition coefficient (Wildman–Crippen LogP) is 5.40. The molecule has 168 valence electrons. The molecular weight excluding hydrogens is 398 g/mol. The molecule has 0 amide bonds. The Balaban J connectivity index is 1.59. The lowest BCUT2D eigenvalue weighted by Crippen LogP contribution is -2.20. The van der Waals surface area contributed by atoms with Gasteiger partial charge >= 0.3 is 0 Å². The van der Waals surface area contributed by atoms with Gasteiger partial charge in [-0.2, -0.15) is 0 Å². The highest BCUT2D eigenvalue weighted by Crippen LogP contribution is 2.22. The monoisotopic (exact) mass is 431 g/mol. The zero-order chi connectivity index (χ0) is 22.6. The largest absolute Gasteiger partial charge is 0.497 e. The smallest absolute Gasteiger partial charge is 0.122 e. The molecule has 0 unspecified atom stereocenters. The van der Waals surface area contributed by atoms with Gasteiger partial charge in [-0.25, -0.2) is 0 Å². The van der Waals surface area contributed by atoms with E-state index in [1.807, 2.05) is 12.1 Å². The van der Waals surface area contributed by atoms with Crippen molar-refractivity contribution in [1.82, 2.24) is 5.32 Å². The second-order valence-electron chi connectivity index (χ2n) is 7.68. The molecule has 4 heteroatoms. The maximum atomic E-state index is 5.36. The average molecular weight is 432 g/mol. The van der Waals surface area contributed by atoms with Crippen LogP contribution in [0.25, 0.3) is 12.2 Å². The van der Waals surface area contributed by atoms with Crippen molar-refractivity contribution in [3.63, 3.8) is 0 Å². The molecule has 0 aliphatic rings. The molecule has 0 bridgehead atoms. The molecular formula is C28H33NO3. The predicted molar refractivity (Wildman–Crippen MR) is 132 cm³/mol. The second kappa shape index (κ2) is 12.7. The van der Waals surface area contributed by atoms with Gasteiger partial charge in [0.25, 0.3) is 0 Å². The fourth-order valence-corrected chi connectivity index (χ4v) is 3.64. The van der Waals surface area contributed by atoms with E-state index in [-0.39, 0.29) is 0 Å². The third-order valence-electron chi connectivity index (χ3n) is 5.35. The summed E-state index contributed by atoms with van der Waals surface area (Å²) in [6.07, 6.45) is 6.23. The van der Waals surface area contributed by atoms with Crippen LogP contribution < -0.4 is 14.8 Å². The number of hydrogen-bond acceptors (Lipinski definition) is 4. The summed E-state index contributed by atoms with van der Waals surface area (Å²) >= 11 is 0. The summed E-state index contributed by atoms with van der Waals surface area (Å²) in [5.41, 5.74) is 6.16. The Hall–Kier alpha value is -3.08. The Labute approximate surface area is 191 Å². The van der Waals surface area contributed by atoms with Crippen molar-refractivity contribution in [1.29, 1.82) is 0 Å². The highest BCUT2D eigenvalue weighted by atomic mass is 16.5. The fourth-order valence-electron chi connectivity index (χ4n) is 3.64. The number of methoxy groups -OCH3 is 3. The van der Waals surface area contributed by atoms with Crippen LogP contribution in [0.4, 0.5) is 0 Å². The number of nitrogens with one attached hydrogen (secondary N) is 1. The van der Waals surface area contributed by atoms with Crippen molar-refractivity contribution in [3.05, 3.63) is 94.5 Å². The van der Waals surface area contributed by atoms with Crippen molar-refractivity contribution in [3.8, 4) is 11.5 Å². The molecule has 0 atom stereocenters. The van der Waals surface area contributed by atoms with Gasteiger partial charge in [-0.3, -0.25) is 0 Å². The maximum Gasteiger partial charge on any atom is 0.122 e. The molecule has 3 rings (SSSR count). The number of benzene rings is 3. The van der Waals surface area contributed by atoms with E-state index in [0.29, 0.717) is 6.61 Å². The van der Waals surface area contributed by atoms with E-state index >= 15 is 0 Å².